The lowest BCUT2D eigenvalue weighted by Gasteiger charge is -2.45. The van der Waals surface area contributed by atoms with E-state index in [4.69, 9.17) is 4.74 Å². The lowest BCUT2D eigenvalue weighted by Crippen LogP contribution is -2.48. The van der Waals surface area contributed by atoms with Crippen LogP contribution in [0.5, 0.6) is 0 Å². The summed E-state index contributed by atoms with van der Waals surface area (Å²) in [6.07, 6.45) is 9.07. The summed E-state index contributed by atoms with van der Waals surface area (Å²) in [7, 11) is 2.21. The number of hydrogen-bond donors (Lipinski definition) is 0. The van der Waals surface area contributed by atoms with Gasteiger partial charge in [-0.2, -0.15) is 0 Å². The first-order valence-corrected chi connectivity index (χ1v) is 10.1. The van der Waals surface area contributed by atoms with E-state index >= 15 is 0 Å². The van der Waals surface area contributed by atoms with Crippen LogP contribution >= 0.6 is 0 Å². The molecule has 0 N–H and O–H groups in total. The van der Waals surface area contributed by atoms with Gasteiger partial charge in [0.25, 0.3) is 0 Å². The second-order valence-electron chi connectivity index (χ2n) is 8.49. The van der Waals surface area contributed by atoms with E-state index in [0.29, 0.717) is 5.92 Å². The van der Waals surface area contributed by atoms with E-state index < -0.39 is 5.41 Å². The van der Waals surface area contributed by atoms with Gasteiger partial charge >= 0.3 is 5.97 Å². The van der Waals surface area contributed by atoms with Gasteiger partial charge in [0, 0.05) is 5.92 Å². The maximum atomic E-state index is 13.3. The van der Waals surface area contributed by atoms with Crippen LogP contribution in [0.1, 0.15) is 56.9 Å². The number of carbonyl (C=O) groups excluding carboxylic acids is 1. The van der Waals surface area contributed by atoms with Crippen molar-refractivity contribution in [1.82, 2.24) is 4.90 Å². The highest BCUT2D eigenvalue weighted by atomic mass is 16.5. The molecule has 1 aromatic carbocycles. The van der Waals surface area contributed by atoms with Crippen LogP contribution in [-0.2, 0) is 14.9 Å². The van der Waals surface area contributed by atoms with Crippen molar-refractivity contribution in [2.75, 3.05) is 20.1 Å². The third kappa shape index (κ3) is 3.23. The molecule has 25 heavy (non-hydrogen) atoms. The predicted molar refractivity (Wildman–Crippen MR) is 99.4 cm³/mol. The summed E-state index contributed by atoms with van der Waals surface area (Å²) in [5.41, 5.74) is 0.766. The first-order chi connectivity index (χ1) is 12.2. The lowest BCUT2D eigenvalue weighted by molar-refractivity contribution is -0.172. The van der Waals surface area contributed by atoms with Gasteiger partial charge in [0.2, 0.25) is 0 Å². The average molecular weight is 341 g/mol. The van der Waals surface area contributed by atoms with Gasteiger partial charge in [-0.1, -0.05) is 49.6 Å². The Morgan fingerprint density at radius 1 is 1.08 bits per heavy atom. The number of hydrogen-bond acceptors (Lipinski definition) is 3. The van der Waals surface area contributed by atoms with Crippen molar-refractivity contribution in [3.05, 3.63) is 35.9 Å². The van der Waals surface area contributed by atoms with E-state index in [2.05, 4.69) is 36.2 Å². The fraction of sp³-hybridized carbons (Fsp3) is 0.682. The van der Waals surface area contributed by atoms with Gasteiger partial charge in [0.15, 0.2) is 0 Å². The number of fused-ring (bicyclic) bond motifs is 1. The van der Waals surface area contributed by atoms with Crippen molar-refractivity contribution in [3.63, 3.8) is 0 Å². The highest BCUT2D eigenvalue weighted by molar-refractivity contribution is 5.83. The molecular formula is C22H31NO2. The minimum absolute atomic E-state index is 0.0550. The molecule has 3 heteroatoms. The lowest BCUT2D eigenvalue weighted by atomic mass is 9.67. The molecule has 0 spiro atoms. The van der Waals surface area contributed by atoms with Crippen molar-refractivity contribution < 1.29 is 9.53 Å². The largest absolute Gasteiger partial charge is 0.461 e. The van der Waals surface area contributed by atoms with Gasteiger partial charge < -0.3 is 9.64 Å². The first-order valence-electron chi connectivity index (χ1n) is 10.1. The van der Waals surface area contributed by atoms with Crippen LogP contribution < -0.4 is 0 Å². The number of benzene rings is 1. The van der Waals surface area contributed by atoms with Crippen molar-refractivity contribution in [3.8, 4) is 0 Å². The summed E-state index contributed by atoms with van der Waals surface area (Å²) in [5.74, 6) is 1.41. The molecule has 0 amide bonds. The van der Waals surface area contributed by atoms with Gasteiger partial charge in [-0.25, -0.2) is 0 Å². The number of rotatable bonds is 3. The molecule has 1 aliphatic heterocycles. The second-order valence-corrected chi connectivity index (χ2v) is 8.49. The Morgan fingerprint density at radius 2 is 1.80 bits per heavy atom. The summed E-state index contributed by atoms with van der Waals surface area (Å²) in [4.78, 5) is 15.7. The van der Waals surface area contributed by atoms with Crippen LogP contribution in [0, 0.1) is 11.8 Å². The molecule has 3 nitrogen and oxygen atoms in total. The second kappa shape index (κ2) is 7.11. The fourth-order valence-electron chi connectivity index (χ4n) is 5.29. The van der Waals surface area contributed by atoms with E-state index in [0.717, 1.165) is 50.1 Å². The third-order valence-electron chi connectivity index (χ3n) is 7.03. The molecule has 0 bridgehead atoms. The molecule has 2 aliphatic carbocycles. The zero-order valence-corrected chi connectivity index (χ0v) is 15.5. The fourth-order valence-corrected chi connectivity index (χ4v) is 5.29. The van der Waals surface area contributed by atoms with Crippen molar-refractivity contribution in [2.24, 2.45) is 11.8 Å². The van der Waals surface area contributed by atoms with Crippen LogP contribution in [0.3, 0.4) is 0 Å². The number of carbonyl (C=O) groups is 1. The van der Waals surface area contributed by atoms with E-state index in [1.807, 2.05) is 6.07 Å². The summed E-state index contributed by atoms with van der Waals surface area (Å²) in [6.45, 7) is 2.33. The standard InChI is InChI=1S/C22H31NO2/c1-23-14-10-17-16-20(19(17)11-15-23)25-21(24)22(12-6-3-7-13-22)18-8-4-2-5-9-18/h2,4-5,8-9,17,19-20H,3,6-7,10-16H2,1H3/t17?,19?,20-/m0/s1. The van der Waals surface area contributed by atoms with Gasteiger partial charge in [-0.15, -0.1) is 0 Å². The van der Waals surface area contributed by atoms with Crippen LogP contribution in [0.15, 0.2) is 30.3 Å². The van der Waals surface area contributed by atoms with Crippen LogP contribution in [-0.4, -0.2) is 37.1 Å². The number of nitrogens with zero attached hydrogens (tertiary/aromatic N) is 1. The van der Waals surface area contributed by atoms with Crippen LogP contribution in [0.2, 0.25) is 0 Å². The Bertz CT molecular complexity index is 593. The molecule has 1 saturated heterocycles. The molecule has 1 heterocycles. The minimum atomic E-state index is -0.397. The molecule has 1 aromatic rings. The number of likely N-dealkylation sites (tertiary alicyclic amines) is 1. The Morgan fingerprint density at radius 3 is 2.56 bits per heavy atom. The predicted octanol–water partition coefficient (Wildman–Crippen LogP) is 4.16. The molecule has 3 aliphatic rings. The van der Waals surface area contributed by atoms with Gasteiger partial charge in [-0.05, 0) is 63.7 Å². The zero-order valence-electron chi connectivity index (χ0n) is 15.5. The molecule has 3 atom stereocenters. The molecular weight excluding hydrogens is 310 g/mol. The topological polar surface area (TPSA) is 29.5 Å². The summed E-state index contributed by atoms with van der Waals surface area (Å²) < 4.78 is 6.19. The smallest absolute Gasteiger partial charge is 0.316 e. The molecule has 2 saturated carbocycles. The minimum Gasteiger partial charge on any atom is -0.461 e. The highest BCUT2D eigenvalue weighted by Gasteiger charge is 2.48. The van der Waals surface area contributed by atoms with E-state index in [9.17, 15) is 4.79 Å². The normalized spacial score (nSPS) is 32.1. The molecule has 2 unspecified atom stereocenters. The monoisotopic (exact) mass is 341 g/mol. The Labute approximate surface area is 151 Å². The van der Waals surface area contributed by atoms with Crippen LogP contribution in [0.25, 0.3) is 0 Å². The summed E-state index contributed by atoms with van der Waals surface area (Å²) >= 11 is 0. The van der Waals surface area contributed by atoms with Crippen molar-refractivity contribution in [1.29, 1.82) is 0 Å². The molecule has 0 radical (unpaired) electrons. The zero-order chi connectivity index (χ0) is 17.3. The Kier molecular flexibility index (Phi) is 4.86. The first kappa shape index (κ1) is 17.1. The maximum Gasteiger partial charge on any atom is 0.316 e. The van der Waals surface area contributed by atoms with E-state index in [-0.39, 0.29) is 12.1 Å². The number of esters is 1. The van der Waals surface area contributed by atoms with E-state index in [1.54, 1.807) is 0 Å². The molecule has 3 fully saturated rings. The summed E-state index contributed by atoms with van der Waals surface area (Å²) in [5, 5.41) is 0. The van der Waals surface area contributed by atoms with E-state index in [1.165, 1.54) is 25.8 Å². The third-order valence-corrected chi connectivity index (χ3v) is 7.03. The molecule has 0 aromatic heterocycles. The SMILES string of the molecule is CN1CCC2C[C@H](OC(=O)C3(c4ccccc4)CCCCC3)C2CC1. The Balaban J connectivity index is 1.48. The highest BCUT2D eigenvalue weighted by Crippen LogP contribution is 2.46. The average Bonchev–Trinajstić information content (AvgIpc) is 2.79. The van der Waals surface area contributed by atoms with Crippen molar-refractivity contribution >= 4 is 5.97 Å². The van der Waals surface area contributed by atoms with Crippen molar-refractivity contribution in [2.45, 2.75) is 62.9 Å². The summed E-state index contributed by atoms with van der Waals surface area (Å²) in [6, 6.07) is 10.4. The van der Waals surface area contributed by atoms with Gasteiger partial charge in [0.05, 0.1) is 5.41 Å². The van der Waals surface area contributed by atoms with Gasteiger partial charge in [-0.3, -0.25) is 4.79 Å². The quantitative estimate of drug-likeness (QED) is 0.773. The Hall–Kier alpha value is -1.35. The van der Waals surface area contributed by atoms with Crippen LogP contribution in [0.4, 0.5) is 0 Å². The number of ether oxygens (including phenoxy) is 1. The van der Waals surface area contributed by atoms with Gasteiger partial charge in [0.1, 0.15) is 6.10 Å². The molecule has 4 rings (SSSR count). The maximum absolute atomic E-state index is 13.3. The molecule has 136 valence electrons.